The molecule has 1 heterocycles. The van der Waals surface area contributed by atoms with Crippen LogP contribution in [0.3, 0.4) is 0 Å². The number of amides is 1. The molecule has 1 saturated heterocycles. The van der Waals surface area contributed by atoms with Crippen LogP contribution in [-0.2, 0) is 16.1 Å². The molecule has 0 saturated carbocycles. The van der Waals surface area contributed by atoms with Crippen molar-refractivity contribution in [1.29, 1.82) is 0 Å². The maximum absolute atomic E-state index is 12.9. The summed E-state index contributed by atoms with van der Waals surface area (Å²) in [6.45, 7) is 3.94. The van der Waals surface area contributed by atoms with Crippen molar-refractivity contribution in [3.05, 3.63) is 65.7 Å². The molecule has 26 heavy (non-hydrogen) atoms. The van der Waals surface area contributed by atoms with Crippen molar-refractivity contribution in [1.82, 2.24) is 4.90 Å². The number of ether oxygens (including phenoxy) is 2. The van der Waals surface area contributed by atoms with Crippen LogP contribution in [0, 0.1) is 5.92 Å². The van der Waals surface area contributed by atoms with E-state index in [9.17, 15) is 4.79 Å². The molecule has 1 fully saturated rings. The molecule has 4 heteroatoms. The maximum atomic E-state index is 12.9. The number of rotatable bonds is 7. The Morgan fingerprint density at radius 2 is 1.85 bits per heavy atom. The minimum absolute atomic E-state index is 0.0480. The standard InChI is InChI=1S/C22H27NO3/c1-17(19-10-12-21(25-2)13-11-19)23-14-6-9-20(22(23)24)16-26-15-18-7-4-3-5-8-18/h3-5,7-8,10-13,17,20H,6,9,14-16H2,1-2H3/t17-,20?/m1/s1. The molecule has 1 amide bonds. The van der Waals surface area contributed by atoms with Crippen LogP contribution >= 0.6 is 0 Å². The molecule has 1 aliphatic rings. The Morgan fingerprint density at radius 3 is 2.54 bits per heavy atom. The minimum atomic E-state index is -0.0480. The Balaban J connectivity index is 1.57. The Kier molecular flexibility index (Phi) is 6.29. The topological polar surface area (TPSA) is 38.8 Å². The fraction of sp³-hybridized carbons (Fsp3) is 0.409. The van der Waals surface area contributed by atoms with Crippen LogP contribution in [-0.4, -0.2) is 31.1 Å². The highest BCUT2D eigenvalue weighted by molar-refractivity contribution is 5.80. The van der Waals surface area contributed by atoms with Gasteiger partial charge in [-0.15, -0.1) is 0 Å². The first-order valence-electron chi connectivity index (χ1n) is 9.25. The van der Waals surface area contributed by atoms with E-state index in [1.165, 1.54) is 0 Å². The van der Waals surface area contributed by atoms with Gasteiger partial charge in [-0.2, -0.15) is 0 Å². The predicted molar refractivity (Wildman–Crippen MR) is 102 cm³/mol. The van der Waals surface area contributed by atoms with Crippen molar-refractivity contribution in [2.45, 2.75) is 32.4 Å². The lowest BCUT2D eigenvalue weighted by atomic mass is 9.95. The van der Waals surface area contributed by atoms with Crippen LogP contribution in [0.5, 0.6) is 5.75 Å². The number of hydrogen-bond acceptors (Lipinski definition) is 3. The number of carbonyl (C=O) groups excluding carboxylic acids is 1. The number of carbonyl (C=O) groups is 1. The molecule has 0 aromatic heterocycles. The summed E-state index contributed by atoms with van der Waals surface area (Å²) in [6.07, 6.45) is 1.92. The number of nitrogens with zero attached hydrogens (tertiary/aromatic N) is 1. The van der Waals surface area contributed by atoms with Crippen molar-refractivity contribution in [2.75, 3.05) is 20.3 Å². The molecule has 0 radical (unpaired) electrons. The lowest BCUT2D eigenvalue weighted by Gasteiger charge is -2.36. The molecule has 1 aliphatic heterocycles. The van der Waals surface area contributed by atoms with Gasteiger partial charge in [-0.3, -0.25) is 4.79 Å². The molecule has 2 aromatic carbocycles. The Morgan fingerprint density at radius 1 is 1.12 bits per heavy atom. The fourth-order valence-electron chi connectivity index (χ4n) is 3.47. The maximum Gasteiger partial charge on any atom is 0.228 e. The lowest BCUT2D eigenvalue weighted by Crippen LogP contribution is -2.44. The fourth-order valence-corrected chi connectivity index (χ4v) is 3.47. The predicted octanol–water partition coefficient (Wildman–Crippen LogP) is 4.21. The van der Waals surface area contributed by atoms with Crippen molar-refractivity contribution in [3.63, 3.8) is 0 Å². The highest BCUT2D eigenvalue weighted by Crippen LogP contribution is 2.29. The molecular weight excluding hydrogens is 326 g/mol. The van der Waals surface area contributed by atoms with Gasteiger partial charge in [0, 0.05) is 6.54 Å². The molecule has 0 bridgehead atoms. The molecule has 1 unspecified atom stereocenters. The van der Waals surface area contributed by atoms with Crippen molar-refractivity contribution >= 4 is 5.91 Å². The molecule has 0 aliphatic carbocycles. The van der Waals surface area contributed by atoms with E-state index >= 15 is 0 Å². The monoisotopic (exact) mass is 353 g/mol. The number of methoxy groups -OCH3 is 1. The van der Waals surface area contributed by atoms with Crippen LogP contribution in [0.1, 0.15) is 36.9 Å². The lowest BCUT2D eigenvalue weighted by molar-refractivity contribution is -0.143. The van der Waals surface area contributed by atoms with Gasteiger partial charge in [0.1, 0.15) is 5.75 Å². The summed E-state index contributed by atoms with van der Waals surface area (Å²) in [7, 11) is 1.66. The Bertz CT molecular complexity index is 699. The van der Waals surface area contributed by atoms with Gasteiger partial charge in [0.2, 0.25) is 5.91 Å². The van der Waals surface area contributed by atoms with Crippen LogP contribution in [0.2, 0.25) is 0 Å². The highest BCUT2D eigenvalue weighted by Gasteiger charge is 2.32. The molecule has 138 valence electrons. The number of likely N-dealkylation sites (tertiary alicyclic amines) is 1. The smallest absolute Gasteiger partial charge is 0.228 e. The van der Waals surface area contributed by atoms with E-state index < -0.39 is 0 Å². The average molecular weight is 353 g/mol. The summed E-state index contributed by atoms with van der Waals surface area (Å²) in [5.41, 5.74) is 2.27. The summed E-state index contributed by atoms with van der Waals surface area (Å²) >= 11 is 0. The van der Waals surface area contributed by atoms with E-state index in [2.05, 4.69) is 6.92 Å². The zero-order valence-corrected chi connectivity index (χ0v) is 15.6. The Hall–Kier alpha value is -2.33. The van der Waals surface area contributed by atoms with Gasteiger partial charge < -0.3 is 14.4 Å². The first-order chi connectivity index (χ1) is 12.7. The third-order valence-electron chi connectivity index (χ3n) is 5.08. The molecule has 3 rings (SSSR count). The van der Waals surface area contributed by atoms with Crippen LogP contribution in [0.25, 0.3) is 0 Å². The van der Waals surface area contributed by atoms with Gasteiger partial charge >= 0.3 is 0 Å². The van der Waals surface area contributed by atoms with Crippen LogP contribution in [0.4, 0.5) is 0 Å². The summed E-state index contributed by atoms with van der Waals surface area (Å²) in [4.78, 5) is 14.9. The van der Waals surface area contributed by atoms with Crippen molar-refractivity contribution in [2.24, 2.45) is 5.92 Å². The van der Waals surface area contributed by atoms with Gasteiger partial charge in [0.25, 0.3) is 0 Å². The molecule has 2 aromatic rings. The van der Waals surface area contributed by atoms with E-state index in [0.717, 1.165) is 36.3 Å². The zero-order valence-electron chi connectivity index (χ0n) is 15.6. The van der Waals surface area contributed by atoms with E-state index in [1.54, 1.807) is 7.11 Å². The largest absolute Gasteiger partial charge is 0.497 e. The molecule has 0 N–H and O–H groups in total. The number of piperidine rings is 1. The van der Waals surface area contributed by atoms with E-state index in [0.29, 0.717) is 13.2 Å². The molecular formula is C22H27NO3. The van der Waals surface area contributed by atoms with E-state index in [4.69, 9.17) is 9.47 Å². The first-order valence-corrected chi connectivity index (χ1v) is 9.25. The second-order valence-electron chi connectivity index (χ2n) is 6.82. The van der Waals surface area contributed by atoms with Crippen molar-refractivity contribution < 1.29 is 14.3 Å². The van der Waals surface area contributed by atoms with Gasteiger partial charge in [0.05, 0.1) is 32.3 Å². The van der Waals surface area contributed by atoms with Crippen LogP contribution < -0.4 is 4.74 Å². The van der Waals surface area contributed by atoms with Crippen molar-refractivity contribution in [3.8, 4) is 5.75 Å². The second kappa shape index (κ2) is 8.86. The van der Waals surface area contributed by atoms with Crippen LogP contribution in [0.15, 0.2) is 54.6 Å². The minimum Gasteiger partial charge on any atom is -0.497 e. The summed E-state index contributed by atoms with van der Waals surface area (Å²) in [6, 6.07) is 18.1. The summed E-state index contributed by atoms with van der Waals surface area (Å²) in [5.74, 6) is 0.985. The Labute approximate surface area is 155 Å². The number of hydrogen-bond donors (Lipinski definition) is 0. The third-order valence-corrected chi connectivity index (χ3v) is 5.08. The molecule has 4 nitrogen and oxygen atoms in total. The molecule has 0 spiro atoms. The van der Waals surface area contributed by atoms with Gasteiger partial charge in [-0.1, -0.05) is 42.5 Å². The van der Waals surface area contributed by atoms with Gasteiger partial charge in [-0.05, 0) is 43.0 Å². The van der Waals surface area contributed by atoms with Gasteiger partial charge in [-0.25, -0.2) is 0 Å². The third kappa shape index (κ3) is 4.44. The first kappa shape index (κ1) is 18.5. The summed E-state index contributed by atoms with van der Waals surface area (Å²) < 4.78 is 11.0. The van der Waals surface area contributed by atoms with Gasteiger partial charge in [0.15, 0.2) is 0 Å². The highest BCUT2D eigenvalue weighted by atomic mass is 16.5. The van der Waals surface area contributed by atoms with E-state index in [-0.39, 0.29) is 17.9 Å². The number of benzene rings is 2. The quantitative estimate of drug-likeness (QED) is 0.748. The zero-order chi connectivity index (χ0) is 18.4. The SMILES string of the molecule is COc1ccc([C@@H](C)N2CCCC(COCc3ccccc3)C2=O)cc1. The second-order valence-corrected chi connectivity index (χ2v) is 6.82. The average Bonchev–Trinajstić information content (AvgIpc) is 2.70. The molecule has 2 atom stereocenters. The normalized spacial score (nSPS) is 18.6. The summed E-state index contributed by atoms with van der Waals surface area (Å²) in [5, 5.41) is 0. The van der Waals surface area contributed by atoms with E-state index in [1.807, 2.05) is 59.5 Å².